The van der Waals surface area contributed by atoms with Crippen molar-refractivity contribution in [3.8, 4) is 0 Å². The largest absolute Gasteiger partial charge is 0.326 e. The summed E-state index contributed by atoms with van der Waals surface area (Å²) >= 11 is 6.05. The van der Waals surface area contributed by atoms with E-state index in [1.54, 1.807) is 37.3 Å². The summed E-state index contributed by atoms with van der Waals surface area (Å²) < 4.78 is 27.8. The number of amides is 1. The van der Waals surface area contributed by atoms with Crippen LogP contribution in [0.1, 0.15) is 37.7 Å². The minimum atomic E-state index is -3.74. The molecule has 0 bridgehead atoms. The first kappa shape index (κ1) is 19.7. The molecule has 0 radical (unpaired) electrons. The summed E-state index contributed by atoms with van der Waals surface area (Å²) in [5.74, 6) is 0.0626. The highest BCUT2D eigenvalue weighted by Crippen LogP contribution is 2.27. The minimum Gasteiger partial charge on any atom is -0.326 e. The molecule has 2 N–H and O–H groups in total. The average Bonchev–Trinajstić information content (AvgIpc) is 2.66. The highest BCUT2D eigenvalue weighted by Gasteiger charge is 2.21. The zero-order chi connectivity index (χ0) is 19.4. The maximum Gasteiger partial charge on any atom is 0.261 e. The van der Waals surface area contributed by atoms with Crippen molar-refractivity contribution in [1.82, 2.24) is 0 Å². The second kappa shape index (κ2) is 8.31. The molecule has 1 aliphatic rings. The van der Waals surface area contributed by atoms with Gasteiger partial charge in [0, 0.05) is 16.6 Å². The van der Waals surface area contributed by atoms with Crippen LogP contribution in [0.2, 0.25) is 5.02 Å². The quantitative estimate of drug-likeness (QED) is 0.736. The van der Waals surface area contributed by atoms with Crippen molar-refractivity contribution in [3.63, 3.8) is 0 Å². The Balaban J connectivity index is 1.70. The molecule has 1 fully saturated rings. The van der Waals surface area contributed by atoms with E-state index in [0.29, 0.717) is 22.0 Å². The highest BCUT2D eigenvalue weighted by atomic mass is 35.5. The van der Waals surface area contributed by atoms with Gasteiger partial charge in [-0.05, 0) is 61.7 Å². The molecular formula is C20H23ClN2O3S. The Morgan fingerprint density at radius 3 is 2.37 bits per heavy atom. The van der Waals surface area contributed by atoms with E-state index in [1.165, 1.54) is 18.6 Å². The number of carbonyl (C=O) groups excluding carboxylic acids is 1. The fourth-order valence-electron chi connectivity index (χ4n) is 3.25. The summed E-state index contributed by atoms with van der Waals surface area (Å²) in [5, 5.41) is 3.38. The van der Waals surface area contributed by atoms with Gasteiger partial charge in [-0.25, -0.2) is 8.42 Å². The Labute approximate surface area is 165 Å². The van der Waals surface area contributed by atoms with Crippen molar-refractivity contribution < 1.29 is 13.2 Å². The van der Waals surface area contributed by atoms with Crippen LogP contribution in [0.15, 0.2) is 47.4 Å². The first-order chi connectivity index (χ1) is 12.9. The van der Waals surface area contributed by atoms with Gasteiger partial charge in [0.05, 0.1) is 10.6 Å². The maximum atomic E-state index is 12.6. The second-order valence-corrected chi connectivity index (χ2v) is 8.96. The molecule has 0 spiro atoms. The van der Waals surface area contributed by atoms with Crippen LogP contribution in [0.25, 0.3) is 0 Å². The second-order valence-electron chi connectivity index (χ2n) is 6.87. The molecule has 0 atom stereocenters. The van der Waals surface area contributed by atoms with Crippen LogP contribution in [0, 0.1) is 12.8 Å². The van der Waals surface area contributed by atoms with Gasteiger partial charge in [0.2, 0.25) is 5.91 Å². The smallest absolute Gasteiger partial charge is 0.261 e. The van der Waals surface area contributed by atoms with Gasteiger partial charge in [-0.3, -0.25) is 9.52 Å². The summed E-state index contributed by atoms with van der Waals surface area (Å²) in [7, 11) is -3.74. The number of rotatable bonds is 5. The molecule has 0 aromatic heterocycles. The van der Waals surface area contributed by atoms with Crippen LogP contribution in [0.5, 0.6) is 0 Å². The predicted octanol–water partition coefficient (Wildman–Crippen LogP) is 4.97. The number of halogens is 1. The van der Waals surface area contributed by atoms with Crippen molar-refractivity contribution >= 4 is 38.9 Å². The molecule has 0 heterocycles. The van der Waals surface area contributed by atoms with Gasteiger partial charge in [0.1, 0.15) is 0 Å². The number of hydrogen-bond acceptors (Lipinski definition) is 3. The Morgan fingerprint density at radius 1 is 1.04 bits per heavy atom. The number of benzene rings is 2. The lowest BCUT2D eigenvalue weighted by atomic mass is 9.88. The third kappa shape index (κ3) is 4.82. The van der Waals surface area contributed by atoms with Crippen LogP contribution in [0.3, 0.4) is 0 Å². The van der Waals surface area contributed by atoms with E-state index in [-0.39, 0.29) is 16.7 Å². The van der Waals surface area contributed by atoms with Crippen molar-refractivity contribution in [2.24, 2.45) is 5.92 Å². The summed E-state index contributed by atoms with van der Waals surface area (Å²) in [5.41, 5.74) is 1.71. The van der Waals surface area contributed by atoms with Gasteiger partial charge in [0.15, 0.2) is 0 Å². The van der Waals surface area contributed by atoms with Crippen LogP contribution in [-0.2, 0) is 14.8 Å². The molecule has 1 aliphatic carbocycles. The molecule has 0 unspecified atom stereocenters. The van der Waals surface area contributed by atoms with Gasteiger partial charge in [-0.15, -0.1) is 0 Å². The molecule has 1 saturated carbocycles. The first-order valence-electron chi connectivity index (χ1n) is 9.06. The monoisotopic (exact) mass is 406 g/mol. The van der Waals surface area contributed by atoms with E-state index in [1.807, 2.05) is 0 Å². The number of sulfonamides is 1. The van der Waals surface area contributed by atoms with E-state index in [2.05, 4.69) is 10.0 Å². The van der Waals surface area contributed by atoms with Crippen LogP contribution >= 0.6 is 11.6 Å². The molecule has 2 aromatic carbocycles. The zero-order valence-electron chi connectivity index (χ0n) is 15.2. The predicted molar refractivity (Wildman–Crippen MR) is 109 cm³/mol. The molecule has 7 heteroatoms. The van der Waals surface area contributed by atoms with E-state index in [4.69, 9.17) is 11.6 Å². The lowest BCUT2D eigenvalue weighted by molar-refractivity contribution is -0.120. The third-order valence-corrected chi connectivity index (χ3v) is 6.71. The Hall–Kier alpha value is -2.05. The van der Waals surface area contributed by atoms with Gasteiger partial charge < -0.3 is 5.32 Å². The third-order valence-electron chi connectivity index (χ3n) is 4.92. The average molecular weight is 407 g/mol. The number of nitrogens with one attached hydrogen (secondary N) is 2. The van der Waals surface area contributed by atoms with Gasteiger partial charge in [0.25, 0.3) is 10.0 Å². The van der Waals surface area contributed by atoms with Crippen molar-refractivity contribution in [3.05, 3.63) is 53.1 Å². The van der Waals surface area contributed by atoms with Crippen LogP contribution in [0.4, 0.5) is 11.4 Å². The van der Waals surface area contributed by atoms with Gasteiger partial charge >= 0.3 is 0 Å². The molecular weight excluding hydrogens is 384 g/mol. The first-order valence-corrected chi connectivity index (χ1v) is 10.9. The molecule has 144 valence electrons. The summed E-state index contributed by atoms with van der Waals surface area (Å²) in [6.07, 6.45) is 5.20. The van der Waals surface area contributed by atoms with Crippen LogP contribution in [-0.4, -0.2) is 14.3 Å². The molecule has 0 aliphatic heterocycles. The standard InChI is InChI=1S/C20H23ClN2O3S/c1-14-18(21)8-5-9-19(14)23-27(25,26)17-12-10-16(11-13-17)22-20(24)15-6-3-2-4-7-15/h5,8-13,15,23H,2-4,6-7H2,1H3,(H,22,24). The molecule has 5 nitrogen and oxygen atoms in total. The summed E-state index contributed by atoms with van der Waals surface area (Å²) in [6.45, 7) is 1.75. The Bertz CT molecular complexity index is 921. The van der Waals surface area contributed by atoms with Gasteiger partial charge in [-0.1, -0.05) is 36.9 Å². The summed E-state index contributed by atoms with van der Waals surface area (Å²) in [4.78, 5) is 12.4. The molecule has 3 rings (SSSR count). The fourth-order valence-corrected chi connectivity index (χ4v) is 4.55. The van der Waals surface area contributed by atoms with E-state index >= 15 is 0 Å². The Morgan fingerprint density at radius 2 is 1.70 bits per heavy atom. The van der Waals surface area contributed by atoms with E-state index in [9.17, 15) is 13.2 Å². The summed E-state index contributed by atoms with van der Waals surface area (Å²) in [6, 6.07) is 11.3. The van der Waals surface area contributed by atoms with Crippen molar-refractivity contribution in [2.75, 3.05) is 10.0 Å². The topological polar surface area (TPSA) is 75.3 Å². The molecule has 0 saturated heterocycles. The van der Waals surface area contributed by atoms with Gasteiger partial charge in [-0.2, -0.15) is 0 Å². The molecule has 1 amide bonds. The maximum absolute atomic E-state index is 12.6. The number of anilines is 2. The minimum absolute atomic E-state index is 0.0120. The molecule has 27 heavy (non-hydrogen) atoms. The van der Waals surface area contributed by atoms with Crippen molar-refractivity contribution in [2.45, 2.75) is 43.9 Å². The van der Waals surface area contributed by atoms with Crippen molar-refractivity contribution in [1.29, 1.82) is 0 Å². The molecule has 2 aromatic rings. The number of carbonyl (C=O) groups is 1. The van der Waals surface area contributed by atoms with E-state index < -0.39 is 10.0 Å². The zero-order valence-corrected chi connectivity index (χ0v) is 16.7. The Kier molecular flexibility index (Phi) is 6.07. The highest BCUT2D eigenvalue weighted by molar-refractivity contribution is 7.92. The SMILES string of the molecule is Cc1c(Cl)cccc1NS(=O)(=O)c1ccc(NC(=O)C2CCCCC2)cc1. The lowest BCUT2D eigenvalue weighted by Crippen LogP contribution is -2.24. The normalized spacial score (nSPS) is 15.3. The van der Waals surface area contributed by atoms with Crippen LogP contribution < -0.4 is 10.0 Å². The fraction of sp³-hybridized carbons (Fsp3) is 0.350. The van der Waals surface area contributed by atoms with E-state index in [0.717, 1.165) is 25.7 Å². The number of hydrogen-bond donors (Lipinski definition) is 2. The lowest BCUT2D eigenvalue weighted by Gasteiger charge is -2.20.